The van der Waals surface area contributed by atoms with Crippen LogP contribution in [0.15, 0.2) is 48.2 Å². The van der Waals surface area contributed by atoms with E-state index in [0.717, 1.165) is 10.4 Å². The summed E-state index contributed by atoms with van der Waals surface area (Å²) in [4.78, 5) is 30.4. The van der Waals surface area contributed by atoms with E-state index in [4.69, 9.17) is 23.2 Å². The van der Waals surface area contributed by atoms with Gasteiger partial charge in [-0.3, -0.25) is 4.79 Å². The van der Waals surface area contributed by atoms with Gasteiger partial charge in [-0.1, -0.05) is 35.3 Å². The average molecular weight is 462 g/mol. The van der Waals surface area contributed by atoms with E-state index in [0.29, 0.717) is 38.1 Å². The third-order valence-corrected chi connectivity index (χ3v) is 6.50. The van der Waals surface area contributed by atoms with E-state index in [1.807, 2.05) is 17.5 Å². The fourth-order valence-electron chi connectivity index (χ4n) is 2.55. The third-order valence-electron chi connectivity index (χ3n) is 3.85. The summed E-state index contributed by atoms with van der Waals surface area (Å²) >= 11 is 15.1. The largest absolute Gasteiger partial charge is 0.302 e. The SMILES string of the molecule is O=C(Cc1csc(-c2ncccn2)n1)Nc1ncc(Cc2cccc(Cl)c2Cl)s1. The first kappa shape index (κ1) is 19.9. The molecular formula is C19H13Cl2N5OS2. The van der Waals surface area contributed by atoms with Crippen molar-refractivity contribution < 1.29 is 4.79 Å². The van der Waals surface area contributed by atoms with Gasteiger partial charge >= 0.3 is 0 Å². The number of carbonyl (C=O) groups excluding carboxylic acids is 1. The Morgan fingerprint density at radius 1 is 1.10 bits per heavy atom. The highest BCUT2D eigenvalue weighted by atomic mass is 35.5. The van der Waals surface area contributed by atoms with Crippen molar-refractivity contribution in [1.29, 1.82) is 0 Å². The lowest BCUT2D eigenvalue weighted by molar-refractivity contribution is -0.115. The minimum Gasteiger partial charge on any atom is -0.302 e. The molecule has 29 heavy (non-hydrogen) atoms. The molecule has 3 heterocycles. The number of halogens is 2. The van der Waals surface area contributed by atoms with E-state index >= 15 is 0 Å². The molecule has 0 bridgehead atoms. The van der Waals surface area contributed by atoms with Gasteiger partial charge in [0.25, 0.3) is 0 Å². The number of thiazole rings is 2. The molecule has 0 unspecified atom stereocenters. The molecule has 6 nitrogen and oxygen atoms in total. The lowest BCUT2D eigenvalue weighted by Gasteiger charge is -2.03. The van der Waals surface area contributed by atoms with Crippen molar-refractivity contribution in [2.45, 2.75) is 12.8 Å². The minimum absolute atomic E-state index is 0.151. The summed E-state index contributed by atoms with van der Waals surface area (Å²) in [6, 6.07) is 7.27. The van der Waals surface area contributed by atoms with Crippen LogP contribution in [0.4, 0.5) is 5.13 Å². The maximum atomic E-state index is 12.3. The summed E-state index contributed by atoms with van der Waals surface area (Å²) in [5, 5.41) is 6.92. The van der Waals surface area contributed by atoms with Crippen LogP contribution in [0.5, 0.6) is 0 Å². The van der Waals surface area contributed by atoms with Crippen LogP contribution < -0.4 is 5.32 Å². The minimum atomic E-state index is -0.183. The number of benzene rings is 1. The van der Waals surface area contributed by atoms with Crippen LogP contribution in [0.2, 0.25) is 10.0 Å². The Bertz CT molecular complexity index is 1150. The van der Waals surface area contributed by atoms with Gasteiger partial charge in [0.1, 0.15) is 0 Å². The van der Waals surface area contributed by atoms with Crippen molar-refractivity contribution in [3.63, 3.8) is 0 Å². The Morgan fingerprint density at radius 2 is 1.93 bits per heavy atom. The smallest absolute Gasteiger partial charge is 0.232 e. The normalized spacial score (nSPS) is 10.8. The molecule has 4 rings (SSSR count). The van der Waals surface area contributed by atoms with Gasteiger partial charge in [-0.05, 0) is 17.7 Å². The first-order valence-electron chi connectivity index (χ1n) is 8.48. The number of rotatable bonds is 6. The molecule has 4 aromatic rings. The van der Waals surface area contributed by atoms with Crippen LogP contribution in [0, 0.1) is 0 Å². The molecule has 0 saturated heterocycles. The van der Waals surface area contributed by atoms with E-state index in [9.17, 15) is 4.79 Å². The fraction of sp³-hybridized carbons (Fsp3) is 0.105. The molecule has 3 aromatic heterocycles. The van der Waals surface area contributed by atoms with Crippen molar-refractivity contribution in [3.8, 4) is 10.8 Å². The number of hydrogen-bond donors (Lipinski definition) is 1. The zero-order valence-electron chi connectivity index (χ0n) is 14.8. The molecular weight excluding hydrogens is 449 g/mol. The molecule has 10 heteroatoms. The van der Waals surface area contributed by atoms with Crippen LogP contribution in [0.3, 0.4) is 0 Å². The molecule has 0 atom stereocenters. The van der Waals surface area contributed by atoms with Gasteiger partial charge in [-0.15, -0.1) is 22.7 Å². The highest BCUT2D eigenvalue weighted by molar-refractivity contribution is 7.15. The standard InChI is InChI=1S/C19H13Cl2N5OS2/c20-14-4-1-3-11(16(14)21)7-13-9-24-19(29-13)26-15(27)8-12-10-28-18(25-12)17-22-5-2-6-23-17/h1-6,9-10H,7-8H2,(H,24,26,27). The van der Waals surface area contributed by atoms with Crippen molar-refractivity contribution in [3.05, 3.63) is 74.4 Å². The summed E-state index contributed by atoms with van der Waals surface area (Å²) in [7, 11) is 0. The first-order valence-corrected chi connectivity index (χ1v) is 10.9. The number of amides is 1. The lowest BCUT2D eigenvalue weighted by Crippen LogP contribution is -2.14. The number of nitrogens with zero attached hydrogens (tertiary/aromatic N) is 4. The third kappa shape index (κ3) is 4.97. The van der Waals surface area contributed by atoms with Gasteiger partial charge in [-0.25, -0.2) is 19.9 Å². The summed E-state index contributed by atoms with van der Waals surface area (Å²) in [6.07, 6.45) is 5.79. The predicted octanol–water partition coefficient (Wildman–Crippen LogP) is 5.14. The van der Waals surface area contributed by atoms with E-state index < -0.39 is 0 Å². The van der Waals surface area contributed by atoms with E-state index in [1.54, 1.807) is 30.7 Å². The van der Waals surface area contributed by atoms with Gasteiger partial charge in [0.05, 0.1) is 22.2 Å². The van der Waals surface area contributed by atoms with Gasteiger partial charge in [0, 0.05) is 35.3 Å². The number of hydrogen-bond acceptors (Lipinski definition) is 7. The van der Waals surface area contributed by atoms with Crippen LogP contribution in [-0.4, -0.2) is 25.8 Å². The second-order valence-corrected chi connectivity index (χ2v) is 8.72. The Kier molecular flexibility index (Phi) is 6.15. The fourth-order valence-corrected chi connectivity index (χ4v) is 4.55. The Hall–Kier alpha value is -2.39. The molecule has 1 aromatic carbocycles. The molecule has 0 saturated carbocycles. The van der Waals surface area contributed by atoms with E-state index in [-0.39, 0.29) is 12.3 Å². The van der Waals surface area contributed by atoms with Crippen molar-refractivity contribution in [2.24, 2.45) is 0 Å². The zero-order chi connectivity index (χ0) is 20.2. The van der Waals surface area contributed by atoms with Gasteiger partial charge in [-0.2, -0.15) is 0 Å². The number of anilines is 1. The quantitative estimate of drug-likeness (QED) is 0.430. The molecule has 0 aliphatic heterocycles. The van der Waals surface area contributed by atoms with Crippen LogP contribution >= 0.6 is 45.9 Å². The first-order chi connectivity index (χ1) is 14.1. The Balaban J connectivity index is 1.37. The molecule has 146 valence electrons. The van der Waals surface area contributed by atoms with E-state index in [2.05, 4.69) is 25.3 Å². The molecule has 0 radical (unpaired) electrons. The van der Waals surface area contributed by atoms with Gasteiger partial charge in [0.15, 0.2) is 16.0 Å². The van der Waals surface area contributed by atoms with Gasteiger partial charge < -0.3 is 5.32 Å². The maximum absolute atomic E-state index is 12.3. The zero-order valence-corrected chi connectivity index (χ0v) is 17.9. The molecule has 0 spiro atoms. The molecule has 1 N–H and O–H groups in total. The topological polar surface area (TPSA) is 80.7 Å². The summed E-state index contributed by atoms with van der Waals surface area (Å²) in [6.45, 7) is 0. The van der Waals surface area contributed by atoms with Crippen molar-refractivity contribution >= 4 is 56.9 Å². The predicted molar refractivity (Wildman–Crippen MR) is 117 cm³/mol. The summed E-state index contributed by atoms with van der Waals surface area (Å²) in [5.41, 5.74) is 1.58. The summed E-state index contributed by atoms with van der Waals surface area (Å²) in [5.74, 6) is 0.367. The highest BCUT2D eigenvalue weighted by Gasteiger charge is 2.13. The monoisotopic (exact) mass is 461 g/mol. The lowest BCUT2D eigenvalue weighted by atomic mass is 10.1. The van der Waals surface area contributed by atoms with Gasteiger partial charge in [0.2, 0.25) is 5.91 Å². The van der Waals surface area contributed by atoms with E-state index in [1.165, 1.54) is 22.7 Å². The molecule has 0 fully saturated rings. The molecule has 0 aliphatic rings. The molecule has 0 aliphatic carbocycles. The number of nitrogens with one attached hydrogen (secondary N) is 1. The Labute approximate surface area is 184 Å². The molecule has 1 amide bonds. The average Bonchev–Trinajstić information content (AvgIpc) is 3.36. The van der Waals surface area contributed by atoms with Crippen molar-refractivity contribution in [1.82, 2.24) is 19.9 Å². The van der Waals surface area contributed by atoms with Crippen LogP contribution in [0.1, 0.15) is 16.1 Å². The number of aromatic nitrogens is 4. The van der Waals surface area contributed by atoms with Crippen LogP contribution in [-0.2, 0) is 17.6 Å². The van der Waals surface area contributed by atoms with Crippen molar-refractivity contribution in [2.75, 3.05) is 5.32 Å². The maximum Gasteiger partial charge on any atom is 0.232 e. The number of carbonyl (C=O) groups is 1. The second kappa shape index (κ2) is 8.96. The van der Waals surface area contributed by atoms with Crippen LogP contribution in [0.25, 0.3) is 10.8 Å². The summed E-state index contributed by atoms with van der Waals surface area (Å²) < 4.78 is 0. The highest BCUT2D eigenvalue weighted by Crippen LogP contribution is 2.29. The Morgan fingerprint density at radius 3 is 2.76 bits per heavy atom. The second-order valence-electron chi connectivity index (χ2n) is 5.96.